The first-order valence-corrected chi connectivity index (χ1v) is 6.15. The summed E-state index contributed by atoms with van der Waals surface area (Å²) in [7, 11) is 1.65. The first-order chi connectivity index (χ1) is 8.71. The third-order valence-corrected chi connectivity index (χ3v) is 3.12. The highest BCUT2D eigenvalue weighted by molar-refractivity contribution is 5.89. The molecule has 96 valence electrons. The summed E-state index contributed by atoms with van der Waals surface area (Å²) >= 11 is 0. The first-order valence-electron chi connectivity index (χ1n) is 6.15. The average Bonchev–Trinajstić information content (AvgIpc) is 2.39. The number of benzene rings is 1. The second-order valence-corrected chi connectivity index (χ2v) is 4.37. The number of ether oxygens (including phenoxy) is 1. The predicted molar refractivity (Wildman–Crippen MR) is 74.8 cm³/mol. The van der Waals surface area contributed by atoms with Crippen LogP contribution < -0.4 is 16.0 Å². The number of anilines is 1. The Morgan fingerprint density at radius 2 is 2.17 bits per heavy atom. The number of aryl methyl sites for hydroxylation is 2. The number of nitrogen functional groups attached to an aromatic ring is 1. The van der Waals surface area contributed by atoms with Crippen LogP contribution in [0.2, 0.25) is 0 Å². The molecule has 1 heterocycles. The number of hydrogen-bond acceptors (Lipinski definition) is 4. The molecule has 0 aliphatic rings. The second kappa shape index (κ2) is 5.23. The summed E-state index contributed by atoms with van der Waals surface area (Å²) in [6.07, 6.45) is 2.02. The summed E-state index contributed by atoms with van der Waals surface area (Å²) < 4.78 is 5.35. The lowest BCUT2D eigenvalue weighted by molar-refractivity contribution is 0.419. The maximum atomic E-state index is 5.55. The first kappa shape index (κ1) is 12.6. The molecule has 4 heteroatoms. The smallest absolute Gasteiger partial charge is 0.145 e. The van der Waals surface area contributed by atoms with Gasteiger partial charge in [-0.1, -0.05) is 19.4 Å². The largest absolute Gasteiger partial charge is 0.494 e. The molecule has 0 aliphatic carbocycles. The Bertz CT molecular complexity index is 566. The Kier molecular flexibility index (Phi) is 3.67. The van der Waals surface area contributed by atoms with Crippen molar-refractivity contribution in [1.29, 1.82) is 0 Å². The molecule has 0 unspecified atom stereocenters. The number of methoxy groups -OCH3 is 1. The molecule has 0 saturated carbocycles. The Hall–Kier alpha value is -1.81. The number of hydrogen-bond donors (Lipinski definition) is 2. The van der Waals surface area contributed by atoms with Crippen molar-refractivity contribution in [3.63, 3.8) is 0 Å². The van der Waals surface area contributed by atoms with Crippen LogP contribution in [0.1, 0.15) is 24.5 Å². The molecule has 2 aromatic rings. The van der Waals surface area contributed by atoms with Gasteiger partial charge < -0.3 is 10.2 Å². The zero-order chi connectivity index (χ0) is 13.1. The molecular weight excluding hydrogens is 226 g/mol. The summed E-state index contributed by atoms with van der Waals surface area (Å²) in [6, 6.07) is 6.14. The number of rotatable bonds is 4. The topological polar surface area (TPSA) is 60.2 Å². The lowest BCUT2D eigenvalue weighted by Gasteiger charge is -2.12. The summed E-state index contributed by atoms with van der Waals surface area (Å²) in [4.78, 5) is 4.58. The fourth-order valence-corrected chi connectivity index (χ4v) is 2.16. The van der Waals surface area contributed by atoms with E-state index in [2.05, 4.69) is 30.3 Å². The molecule has 0 fully saturated rings. The van der Waals surface area contributed by atoms with Crippen molar-refractivity contribution >= 4 is 16.7 Å². The number of nitrogens with zero attached hydrogens (tertiary/aromatic N) is 1. The quantitative estimate of drug-likeness (QED) is 0.642. The van der Waals surface area contributed by atoms with Crippen molar-refractivity contribution in [2.45, 2.75) is 26.7 Å². The van der Waals surface area contributed by atoms with E-state index in [-0.39, 0.29) is 0 Å². The SMILES string of the molecule is CCCc1cc2c(C)ccc(OC)c2nc1NN. The highest BCUT2D eigenvalue weighted by Gasteiger charge is 2.10. The van der Waals surface area contributed by atoms with Crippen molar-refractivity contribution in [1.82, 2.24) is 4.98 Å². The van der Waals surface area contributed by atoms with Gasteiger partial charge in [-0.15, -0.1) is 0 Å². The van der Waals surface area contributed by atoms with Gasteiger partial charge in [0.05, 0.1) is 7.11 Å². The van der Waals surface area contributed by atoms with Gasteiger partial charge in [-0.05, 0) is 36.6 Å². The minimum atomic E-state index is 0.730. The molecule has 0 atom stereocenters. The minimum Gasteiger partial charge on any atom is -0.494 e. The Morgan fingerprint density at radius 1 is 1.39 bits per heavy atom. The van der Waals surface area contributed by atoms with Crippen molar-refractivity contribution in [3.8, 4) is 5.75 Å². The molecule has 4 nitrogen and oxygen atoms in total. The standard InChI is InChI=1S/C14H19N3O/c1-4-5-10-8-11-9(2)6-7-12(18-3)13(11)16-14(10)17-15/h6-8H,4-5,15H2,1-3H3,(H,16,17). The van der Waals surface area contributed by atoms with E-state index >= 15 is 0 Å². The second-order valence-electron chi connectivity index (χ2n) is 4.37. The molecule has 18 heavy (non-hydrogen) atoms. The predicted octanol–water partition coefficient (Wildman–Crippen LogP) is 2.79. The number of nitrogens with one attached hydrogen (secondary N) is 1. The van der Waals surface area contributed by atoms with Gasteiger partial charge in [0.2, 0.25) is 0 Å². The highest BCUT2D eigenvalue weighted by atomic mass is 16.5. The van der Waals surface area contributed by atoms with Crippen LogP contribution in [0.3, 0.4) is 0 Å². The normalized spacial score (nSPS) is 10.7. The lowest BCUT2D eigenvalue weighted by atomic mass is 10.0. The van der Waals surface area contributed by atoms with Crippen LogP contribution in [0, 0.1) is 6.92 Å². The molecule has 0 aliphatic heterocycles. The van der Waals surface area contributed by atoms with E-state index in [1.807, 2.05) is 12.1 Å². The third kappa shape index (κ3) is 2.11. The molecule has 0 bridgehead atoms. The Balaban J connectivity index is 2.73. The van der Waals surface area contributed by atoms with E-state index in [0.29, 0.717) is 0 Å². The van der Waals surface area contributed by atoms with E-state index in [1.165, 1.54) is 5.56 Å². The summed E-state index contributed by atoms with van der Waals surface area (Å²) in [6.45, 7) is 4.22. The molecular formula is C14H19N3O. The van der Waals surface area contributed by atoms with E-state index in [9.17, 15) is 0 Å². The molecule has 3 N–H and O–H groups in total. The van der Waals surface area contributed by atoms with Gasteiger partial charge in [0.15, 0.2) is 0 Å². The summed E-state index contributed by atoms with van der Waals surface area (Å²) in [5, 5.41) is 1.12. The van der Waals surface area contributed by atoms with Crippen molar-refractivity contribution < 1.29 is 4.74 Å². The van der Waals surface area contributed by atoms with E-state index < -0.39 is 0 Å². The van der Waals surface area contributed by atoms with Crippen LogP contribution >= 0.6 is 0 Å². The highest BCUT2D eigenvalue weighted by Crippen LogP contribution is 2.30. The molecule has 0 saturated heterocycles. The minimum absolute atomic E-state index is 0.730. The number of pyridine rings is 1. The zero-order valence-electron chi connectivity index (χ0n) is 11.1. The van der Waals surface area contributed by atoms with E-state index in [4.69, 9.17) is 10.6 Å². The molecule has 0 spiro atoms. The van der Waals surface area contributed by atoms with Crippen LogP contribution in [0.5, 0.6) is 5.75 Å². The van der Waals surface area contributed by atoms with Crippen LogP contribution in [-0.2, 0) is 6.42 Å². The van der Waals surface area contributed by atoms with Gasteiger partial charge in [0.1, 0.15) is 17.1 Å². The summed E-state index contributed by atoms with van der Waals surface area (Å²) in [5.74, 6) is 7.05. The average molecular weight is 245 g/mol. The lowest BCUT2D eigenvalue weighted by Crippen LogP contribution is -2.11. The van der Waals surface area contributed by atoms with E-state index in [1.54, 1.807) is 7.11 Å². The monoisotopic (exact) mass is 245 g/mol. The number of aromatic nitrogens is 1. The zero-order valence-corrected chi connectivity index (χ0v) is 11.1. The number of nitrogens with two attached hydrogens (primary N) is 1. The van der Waals surface area contributed by atoms with Crippen LogP contribution in [0.15, 0.2) is 18.2 Å². The number of hydrazine groups is 1. The fraction of sp³-hybridized carbons (Fsp3) is 0.357. The van der Waals surface area contributed by atoms with Crippen molar-refractivity contribution in [2.24, 2.45) is 5.84 Å². The van der Waals surface area contributed by atoms with Gasteiger partial charge in [-0.25, -0.2) is 10.8 Å². The third-order valence-electron chi connectivity index (χ3n) is 3.12. The maximum Gasteiger partial charge on any atom is 0.145 e. The molecule has 1 aromatic carbocycles. The van der Waals surface area contributed by atoms with E-state index in [0.717, 1.165) is 40.9 Å². The molecule has 1 aromatic heterocycles. The number of fused-ring (bicyclic) bond motifs is 1. The van der Waals surface area contributed by atoms with Crippen molar-refractivity contribution in [2.75, 3.05) is 12.5 Å². The fourth-order valence-electron chi connectivity index (χ4n) is 2.16. The van der Waals surface area contributed by atoms with Crippen LogP contribution in [-0.4, -0.2) is 12.1 Å². The molecule has 0 radical (unpaired) electrons. The Morgan fingerprint density at radius 3 is 2.78 bits per heavy atom. The summed E-state index contributed by atoms with van der Waals surface area (Å²) in [5.41, 5.74) is 5.86. The van der Waals surface area contributed by atoms with Gasteiger partial charge in [-0.3, -0.25) is 0 Å². The Labute approximate surface area is 107 Å². The van der Waals surface area contributed by atoms with Gasteiger partial charge >= 0.3 is 0 Å². The van der Waals surface area contributed by atoms with Crippen LogP contribution in [0.25, 0.3) is 10.9 Å². The van der Waals surface area contributed by atoms with Crippen molar-refractivity contribution in [3.05, 3.63) is 29.3 Å². The van der Waals surface area contributed by atoms with Gasteiger partial charge in [0, 0.05) is 5.39 Å². The van der Waals surface area contributed by atoms with Gasteiger partial charge in [0.25, 0.3) is 0 Å². The molecule has 0 amide bonds. The van der Waals surface area contributed by atoms with Crippen LogP contribution in [0.4, 0.5) is 5.82 Å². The maximum absolute atomic E-state index is 5.55. The molecule has 2 rings (SSSR count). The van der Waals surface area contributed by atoms with Gasteiger partial charge in [-0.2, -0.15) is 0 Å².